The number of aryl methyl sites for hydroxylation is 1. The van der Waals surface area contributed by atoms with Gasteiger partial charge < -0.3 is 4.74 Å². The molecule has 2 aromatic carbocycles. The summed E-state index contributed by atoms with van der Waals surface area (Å²) in [6.45, 7) is 7.07. The molecule has 0 spiro atoms. The van der Waals surface area contributed by atoms with E-state index in [4.69, 9.17) is 4.74 Å². The molecule has 0 radical (unpaired) electrons. The quantitative estimate of drug-likeness (QED) is 0.707. The van der Waals surface area contributed by atoms with Crippen LogP contribution in [0.3, 0.4) is 0 Å². The smallest absolute Gasteiger partial charge is 0.113 e. The molecule has 0 fully saturated rings. The Labute approximate surface area is 130 Å². The van der Waals surface area contributed by atoms with Crippen molar-refractivity contribution in [3.63, 3.8) is 0 Å². The molecule has 0 saturated heterocycles. The average molecular weight is 295 g/mol. The summed E-state index contributed by atoms with van der Waals surface area (Å²) in [4.78, 5) is 0. The fraction of sp³-hybridized carbons (Fsp3) is 0.333. The predicted octanol–water partition coefficient (Wildman–Crippen LogP) is 4.22. The van der Waals surface area contributed by atoms with Crippen LogP contribution in [0.25, 0.3) is 16.7 Å². The minimum atomic E-state index is 0.0258. The molecular formula is C18H21N3O. The van der Waals surface area contributed by atoms with Gasteiger partial charge >= 0.3 is 0 Å². The highest BCUT2D eigenvalue weighted by molar-refractivity contribution is 5.76. The summed E-state index contributed by atoms with van der Waals surface area (Å²) in [5, 5.41) is 8.63. The lowest BCUT2D eigenvalue weighted by Crippen LogP contribution is -2.09. The predicted molar refractivity (Wildman–Crippen MR) is 88.3 cm³/mol. The van der Waals surface area contributed by atoms with E-state index in [2.05, 4.69) is 49.3 Å². The van der Waals surface area contributed by atoms with Gasteiger partial charge in [-0.15, -0.1) is 5.10 Å². The van der Waals surface area contributed by atoms with Gasteiger partial charge in [-0.1, -0.05) is 42.5 Å². The number of para-hydroxylation sites is 2. The first-order chi connectivity index (χ1) is 10.7. The minimum Gasteiger partial charge on any atom is -0.374 e. The van der Waals surface area contributed by atoms with Crippen molar-refractivity contribution in [3.05, 3.63) is 53.6 Å². The summed E-state index contributed by atoms with van der Waals surface area (Å²) >= 11 is 0. The Morgan fingerprint density at radius 3 is 2.77 bits per heavy atom. The van der Waals surface area contributed by atoms with Crippen LogP contribution in [0.5, 0.6) is 0 Å². The van der Waals surface area contributed by atoms with Crippen LogP contribution in [0, 0.1) is 6.92 Å². The highest BCUT2D eigenvalue weighted by Crippen LogP contribution is 2.29. The molecular weight excluding hydrogens is 274 g/mol. The Morgan fingerprint density at radius 1 is 1.14 bits per heavy atom. The molecule has 3 rings (SSSR count). The third-order valence-electron chi connectivity index (χ3n) is 3.84. The van der Waals surface area contributed by atoms with Gasteiger partial charge in [-0.2, -0.15) is 0 Å². The fourth-order valence-corrected chi connectivity index (χ4v) is 2.72. The van der Waals surface area contributed by atoms with E-state index in [0.717, 1.165) is 35.3 Å². The van der Waals surface area contributed by atoms with Gasteiger partial charge in [-0.3, -0.25) is 0 Å². The molecule has 0 aliphatic heterocycles. The maximum absolute atomic E-state index is 5.92. The summed E-state index contributed by atoms with van der Waals surface area (Å²) in [6.07, 6.45) is 1.04. The Balaban J connectivity index is 2.13. The molecule has 1 aromatic heterocycles. The zero-order chi connectivity index (χ0) is 15.5. The summed E-state index contributed by atoms with van der Waals surface area (Å²) in [5.74, 6) is 0. The lowest BCUT2D eigenvalue weighted by molar-refractivity contribution is 0.0661. The second-order valence-corrected chi connectivity index (χ2v) is 5.52. The Morgan fingerprint density at radius 2 is 1.95 bits per heavy atom. The highest BCUT2D eigenvalue weighted by atomic mass is 16.5. The molecule has 1 unspecified atom stereocenters. The number of hydrogen-bond donors (Lipinski definition) is 0. The zero-order valence-electron chi connectivity index (χ0n) is 13.3. The molecule has 0 amide bonds. The van der Waals surface area contributed by atoms with E-state index >= 15 is 0 Å². The fourth-order valence-electron chi connectivity index (χ4n) is 2.72. The maximum atomic E-state index is 5.92. The monoisotopic (exact) mass is 295 g/mol. The van der Waals surface area contributed by atoms with Crippen LogP contribution >= 0.6 is 0 Å². The number of benzene rings is 2. The van der Waals surface area contributed by atoms with Crippen LogP contribution < -0.4 is 0 Å². The van der Waals surface area contributed by atoms with E-state index in [1.165, 1.54) is 5.56 Å². The summed E-state index contributed by atoms with van der Waals surface area (Å²) in [7, 11) is 0. The van der Waals surface area contributed by atoms with E-state index in [0.29, 0.717) is 0 Å². The number of nitrogens with zero attached hydrogens (tertiary/aromatic N) is 3. The van der Waals surface area contributed by atoms with Gasteiger partial charge in [-0.25, -0.2) is 4.68 Å². The van der Waals surface area contributed by atoms with Crippen LogP contribution in [-0.2, 0) is 4.74 Å². The topological polar surface area (TPSA) is 39.9 Å². The van der Waals surface area contributed by atoms with Crippen molar-refractivity contribution in [1.29, 1.82) is 0 Å². The van der Waals surface area contributed by atoms with Gasteiger partial charge in [0.1, 0.15) is 5.52 Å². The largest absolute Gasteiger partial charge is 0.374 e. The van der Waals surface area contributed by atoms with Gasteiger partial charge in [0, 0.05) is 12.2 Å². The van der Waals surface area contributed by atoms with E-state index in [-0.39, 0.29) is 6.10 Å². The van der Waals surface area contributed by atoms with Crippen LogP contribution in [0.4, 0.5) is 0 Å². The number of aromatic nitrogens is 3. The van der Waals surface area contributed by atoms with Crippen molar-refractivity contribution < 1.29 is 4.74 Å². The molecule has 1 atom stereocenters. The molecule has 0 aliphatic rings. The Kier molecular flexibility index (Phi) is 4.20. The third-order valence-corrected chi connectivity index (χ3v) is 3.84. The highest BCUT2D eigenvalue weighted by Gasteiger charge is 2.17. The molecule has 22 heavy (non-hydrogen) atoms. The van der Waals surface area contributed by atoms with Crippen molar-refractivity contribution in [1.82, 2.24) is 15.0 Å². The van der Waals surface area contributed by atoms with Gasteiger partial charge in [0.15, 0.2) is 0 Å². The summed E-state index contributed by atoms with van der Waals surface area (Å²) < 4.78 is 7.84. The van der Waals surface area contributed by atoms with Crippen molar-refractivity contribution in [2.75, 3.05) is 6.61 Å². The Bertz CT molecular complexity index is 779. The molecule has 114 valence electrons. The van der Waals surface area contributed by atoms with E-state index in [1.54, 1.807) is 0 Å². The number of fused-ring (bicyclic) bond motifs is 1. The maximum Gasteiger partial charge on any atom is 0.113 e. The average Bonchev–Trinajstić information content (AvgIpc) is 2.96. The van der Waals surface area contributed by atoms with Gasteiger partial charge in [0.2, 0.25) is 0 Å². The second kappa shape index (κ2) is 6.28. The SMILES string of the molecule is CCCOC(C)c1cccc(C)c1-n1nnc2ccccc21. The second-order valence-electron chi connectivity index (χ2n) is 5.52. The lowest BCUT2D eigenvalue weighted by Gasteiger charge is -2.19. The van der Waals surface area contributed by atoms with Gasteiger partial charge in [-0.05, 0) is 38.0 Å². The molecule has 0 saturated carbocycles. The molecule has 3 aromatic rings. The summed E-state index contributed by atoms with van der Waals surface area (Å²) in [5.41, 5.74) is 5.29. The van der Waals surface area contributed by atoms with Crippen LogP contribution in [-0.4, -0.2) is 21.6 Å². The van der Waals surface area contributed by atoms with E-state index in [9.17, 15) is 0 Å². The first-order valence-corrected chi connectivity index (χ1v) is 7.74. The molecule has 0 bridgehead atoms. The third kappa shape index (κ3) is 2.62. The molecule has 1 heterocycles. The van der Waals surface area contributed by atoms with Crippen LogP contribution in [0.1, 0.15) is 37.5 Å². The normalized spacial score (nSPS) is 12.7. The standard InChI is InChI=1S/C18H21N3O/c1-4-12-22-14(3)15-9-7-8-13(2)18(15)21-17-11-6-5-10-16(17)19-20-21/h5-11,14H,4,12H2,1-3H3. The number of rotatable bonds is 5. The summed E-state index contributed by atoms with van der Waals surface area (Å²) in [6, 6.07) is 14.3. The minimum absolute atomic E-state index is 0.0258. The van der Waals surface area contributed by atoms with Gasteiger partial charge in [0.25, 0.3) is 0 Å². The van der Waals surface area contributed by atoms with E-state index < -0.39 is 0 Å². The van der Waals surface area contributed by atoms with Crippen molar-refractivity contribution in [3.8, 4) is 5.69 Å². The first-order valence-electron chi connectivity index (χ1n) is 7.74. The Hall–Kier alpha value is -2.20. The molecule has 0 aliphatic carbocycles. The lowest BCUT2D eigenvalue weighted by atomic mass is 10.0. The number of hydrogen-bond acceptors (Lipinski definition) is 3. The van der Waals surface area contributed by atoms with Crippen molar-refractivity contribution in [2.24, 2.45) is 0 Å². The van der Waals surface area contributed by atoms with Gasteiger partial charge in [0.05, 0.1) is 17.3 Å². The van der Waals surface area contributed by atoms with Crippen LogP contribution in [0.15, 0.2) is 42.5 Å². The zero-order valence-corrected chi connectivity index (χ0v) is 13.3. The first kappa shape index (κ1) is 14.7. The van der Waals surface area contributed by atoms with Crippen molar-refractivity contribution in [2.45, 2.75) is 33.3 Å². The molecule has 4 heteroatoms. The van der Waals surface area contributed by atoms with Crippen molar-refractivity contribution >= 4 is 11.0 Å². The molecule has 0 N–H and O–H groups in total. The van der Waals surface area contributed by atoms with Crippen LogP contribution in [0.2, 0.25) is 0 Å². The van der Waals surface area contributed by atoms with E-state index in [1.807, 2.05) is 28.9 Å². The molecule has 4 nitrogen and oxygen atoms in total. The number of ether oxygens (including phenoxy) is 1.